The number of carbonyl (C=O) groups excluding carboxylic acids is 1. The first-order valence-corrected chi connectivity index (χ1v) is 8.46. The van der Waals surface area contributed by atoms with Gasteiger partial charge in [-0.1, -0.05) is 17.3 Å². The number of rotatable bonds is 3. The third kappa shape index (κ3) is 2.92. The van der Waals surface area contributed by atoms with Crippen molar-refractivity contribution in [2.75, 3.05) is 13.1 Å². The highest BCUT2D eigenvalue weighted by atomic mass is 19.1. The first kappa shape index (κ1) is 15.3. The number of amides is 1. The summed E-state index contributed by atoms with van der Waals surface area (Å²) in [5.74, 6) is 1.89. The van der Waals surface area contributed by atoms with Crippen LogP contribution in [0.5, 0.6) is 0 Å². The van der Waals surface area contributed by atoms with E-state index in [2.05, 4.69) is 10.1 Å². The fourth-order valence-corrected chi connectivity index (χ4v) is 3.61. The Hall–Kier alpha value is -2.24. The lowest BCUT2D eigenvalue weighted by atomic mass is 9.96. The minimum atomic E-state index is -0.236. The fraction of sp³-hybridized carbons (Fsp3) is 0.500. The predicted molar refractivity (Wildman–Crippen MR) is 84.8 cm³/mol. The van der Waals surface area contributed by atoms with Crippen LogP contribution in [0.4, 0.5) is 4.39 Å². The summed E-state index contributed by atoms with van der Waals surface area (Å²) in [5, 5.41) is 3.84. The topological polar surface area (TPSA) is 59.2 Å². The Morgan fingerprint density at radius 2 is 1.96 bits per heavy atom. The minimum Gasteiger partial charge on any atom is -0.342 e. The maximum atomic E-state index is 13.0. The van der Waals surface area contributed by atoms with Crippen LogP contribution in [-0.4, -0.2) is 34.0 Å². The molecule has 2 fully saturated rings. The number of halogens is 1. The lowest BCUT2D eigenvalue weighted by molar-refractivity contribution is -0.133. The summed E-state index contributed by atoms with van der Waals surface area (Å²) >= 11 is 0. The molecule has 0 N–H and O–H groups in total. The molecule has 1 amide bonds. The molecule has 2 atom stereocenters. The molecule has 0 unspecified atom stereocenters. The summed E-state index contributed by atoms with van der Waals surface area (Å²) in [4.78, 5) is 18.9. The van der Waals surface area contributed by atoms with Gasteiger partial charge in [-0.2, -0.15) is 4.98 Å². The second kappa shape index (κ2) is 6.00. The Morgan fingerprint density at radius 1 is 1.25 bits per heavy atom. The molecule has 6 heteroatoms. The van der Waals surface area contributed by atoms with Gasteiger partial charge in [0.1, 0.15) is 5.82 Å². The van der Waals surface area contributed by atoms with Crippen LogP contribution >= 0.6 is 0 Å². The van der Waals surface area contributed by atoms with Gasteiger partial charge in [0.2, 0.25) is 11.8 Å². The van der Waals surface area contributed by atoms with Crippen LogP contribution in [0.25, 0.3) is 0 Å². The number of likely N-dealkylation sites (tertiary alicyclic amines) is 1. The molecule has 2 aromatic rings. The second-order valence-electron chi connectivity index (χ2n) is 6.78. The van der Waals surface area contributed by atoms with Gasteiger partial charge in [0.05, 0.1) is 0 Å². The van der Waals surface area contributed by atoms with Crippen LogP contribution in [0.2, 0.25) is 0 Å². The van der Waals surface area contributed by atoms with Gasteiger partial charge in [0.15, 0.2) is 5.82 Å². The molecule has 5 nitrogen and oxygen atoms in total. The smallest absolute Gasteiger partial charge is 0.229 e. The van der Waals surface area contributed by atoms with Crippen LogP contribution in [0.1, 0.15) is 48.4 Å². The number of piperidine rings is 1. The Kier molecular flexibility index (Phi) is 3.82. The summed E-state index contributed by atoms with van der Waals surface area (Å²) in [5.41, 5.74) is 1.06. The normalized spacial score (nSPS) is 24.2. The summed E-state index contributed by atoms with van der Waals surface area (Å²) in [6, 6.07) is 6.51. The van der Waals surface area contributed by atoms with Crippen molar-refractivity contribution in [2.24, 2.45) is 5.92 Å². The van der Waals surface area contributed by atoms with Crippen LogP contribution in [0.3, 0.4) is 0 Å². The number of benzene rings is 1. The molecule has 1 saturated carbocycles. The van der Waals surface area contributed by atoms with Crippen molar-refractivity contribution in [1.82, 2.24) is 15.0 Å². The number of hydrogen-bond acceptors (Lipinski definition) is 4. The van der Waals surface area contributed by atoms with Gasteiger partial charge >= 0.3 is 0 Å². The largest absolute Gasteiger partial charge is 0.342 e. The van der Waals surface area contributed by atoms with Crippen LogP contribution < -0.4 is 0 Å². The van der Waals surface area contributed by atoms with Crippen molar-refractivity contribution in [1.29, 1.82) is 0 Å². The van der Waals surface area contributed by atoms with E-state index < -0.39 is 0 Å². The molecule has 1 saturated heterocycles. The maximum absolute atomic E-state index is 13.0. The second-order valence-corrected chi connectivity index (χ2v) is 6.78. The fourth-order valence-electron chi connectivity index (χ4n) is 3.61. The zero-order chi connectivity index (χ0) is 16.7. The van der Waals surface area contributed by atoms with E-state index >= 15 is 0 Å². The molecule has 0 radical (unpaired) electrons. The van der Waals surface area contributed by atoms with E-state index in [4.69, 9.17) is 4.52 Å². The Morgan fingerprint density at radius 3 is 2.58 bits per heavy atom. The van der Waals surface area contributed by atoms with Crippen molar-refractivity contribution < 1.29 is 13.7 Å². The van der Waals surface area contributed by atoms with Crippen LogP contribution in [0.15, 0.2) is 28.8 Å². The Bertz CT molecular complexity index is 735. The van der Waals surface area contributed by atoms with Crippen molar-refractivity contribution in [3.05, 3.63) is 47.4 Å². The summed E-state index contributed by atoms with van der Waals surface area (Å²) < 4.78 is 18.3. The first-order valence-electron chi connectivity index (χ1n) is 8.46. The summed E-state index contributed by atoms with van der Waals surface area (Å²) in [7, 11) is 0. The van der Waals surface area contributed by atoms with E-state index in [0.717, 1.165) is 37.9 Å². The highest BCUT2D eigenvalue weighted by molar-refractivity contribution is 5.83. The lowest BCUT2D eigenvalue weighted by Gasteiger charge is -2.30. The molecule has 1 aliphatic heterocycles. The van der Waals surface area contributed by atoms with E-state index in [1.54, 1.807) is 12.1 Å². The molecular weight excluding hydrogens is 309 g/mol. The van der Waals surface area contributed by atoms with Gasteiger partial charge in [0.25, 0.3) is 0 Å². The zero-order valence-electron chi connectivity index (χ0n) is 13.6. The van der Waals surface area contributed by atoms with E-state index in [1.807, 2.05) is 11.8 Å². The molecule has 1 aromatic heterocycles. The SMILES string of the molecule is Cc1noc(C2CCN(C(=O)[C@H]3C[C@@H]3c3ccc(F)cc3)CC2)n1. The highest BCUT2D eigenvalue weighted by Gasteiger charge is 2.46. The van der Waals surface area contributed by atoms with E-state index in [9.17, 15) is 9.18 Å². The average Bonchev–Trinajstić information content (AvgIpc) is 3.28. The van der Waals surface area contributed by atoms with Gasteiger partial charge in [0, 0.05) is 24.9 Å². The third-order valence-electron chi connectivity index (χ3n) is 5.10. The highest BCUT2D eigenvalue weighted by Crippen LogP contribution is 2.48. The molecule has 0 spiro atoms. The number of carbonyl (C=O) groups is 1. The molecule has 0 bridgehead atoms. The standard InChI is InChI=1S/C18H20FN3O2/c1-11-20-17(24-21-11)13-6-8-22(9-7-13)18(23)16-10-15(16)12-2-4-14(19)5-3-12/h2-5,13,15-16H,6-10H2,1H3/t15-,16+/m1/s1. The molecule has 126 valence electrons. The van der Waals surface area contributed by atoms with Gasteiger partial charge in [-0.3, -0.25) is 4.79 Å². The lowest BCUT2D eigenvalue weighted by Crippen LogP contribution is -2.39. The Labute approximate surface area is 139 Å². The van der Waals surface area contributed by atoms with Crippen molar-refractivity contribution in [2.45, 2.75) is 38.0 Å². The number of aryl methyl sites for hydroxylation is 1. The van der Waals surface area contributed by atoms with E-state index in [1.165, 1.54) is 12.1 Å². The number of nitrogens with zero attached hydrogens (tertiary/aromatic N) is 3. The van der Waals surface area contributed by atoms with E-state index in [-0.39, 0.29) is 29.5 Å². The van der Waals surface area contributed by atoms with Crippen LogP contribution in [-0.2, 0) is 4.79 Å². The molecule has 2 heterocycles. The monoisotopic (exact) mass is 329 g/mol. The van der Waals surface area contributed by atoms with E-state index in [0.29, 0.717) is 11.7 Å². The quantitative estimate of drug-likeness (QED) is 0.868. The van der Waals surface area contributed by atoms with Crippen LogP contribution in [0, 0.1) is 18.7 Å². The molecular formula is C18H20FN3O2. The predicted octanol–water partition coefficient (Wildman–Crippen LogP) is 3.03. The van der Waals surface area contributed by atoms with Gasteiger partial charge < -0.3 is 9.42 Å². The third-order valence-corrected chi connectivity index (χ3v) is 5.10. The van der Waals surface area contributed by atoms with Gasteiger partial charge in [-0.25, -0.2) is 4.39 Å². The molecule has 24 heavy (non-hydrogen) atoms. The molecule has 2 aliphatic rings. The van der Waals surface area contributed by atoms with Crippen molar-refractivity contribution >= 4 is 5.91 Å². The average molecular weight is 329 g/mol. The zero-order valence-corrected chi connectivity index (χ0v) is 13.6. The Balaban J connectivity index is 1.33. The summed E-state index contributed by atoms with van der Waals surface area (Å²) in [6.45, 7) is 3.28. The molecule has 1 aliphatic carbocycles. The minimum absolute atomic E-state index is 0.0534. The van der Waals surface area contributed by atoms with Gasteiger partial charge in [-0.15, -0.1) is 0 Å². The maximum Gasteiger partial charge on any atom is 0.229 e. The number of hydrogen-bond donors (Lipinski definition) is 0. The summed E-state index contributed by atoms with van der Waals surface area (Å²) in [6.07, 6.45) is 2.59. The molecule has 4 rings (SSSR count). The van der Waals surface area contributed by atoms with Gasteiger partial charge in [-0.05, 0) is 49.8 Å². The van der Waals surface area contributed by atoms with Crippen molar-refractivity contribution in [3.63, 3.8) is 0 Å². The first-order chi connectivity index (χ1) is 11.6. The molecule has 1 aromatic carbocycles. The van der Waals surface area contributed by atoms with Crippen molar-refractivity contribution in [3.8, 4) is 0 Å². The number of aromatic nitrogens is 2.